The van der Waals surface area contributed by atoms with E-state index >= 15 is 0 Å². The van der Waals surface area contributed by atoms with Crippen LogP contribution in [0, 0.1) is 0 Å². The third-order valence-corrected chi connectivity index (χ3v) is 2.93. The van der Waals surface area contributed by atoms with E-state index in [2.05, 4.69) is 28.5 Å². The molecule has 0 aliphatic heterocycles. The first-order valence-corrected chi connectivity index (χ1v) is 5.81. The van der Waals surface area contributed by atoms with Gasteiger partial charge >= 0.3 is 5.56 Å². The first-order chi connectivity index (χ1) is 9.63. The van der Waals surface area contributed by atoms with Gasteiger partial charge in [-0.05, 0) is 19.5 Å². The highest BCUT2D eigenvalue weighted by molar-refractivity contribution is 5.87. The number of ether oxygens (including phenoxy) is 1. The normalized spacial score (nSPS) is 10.1. The van der Waals surface area contributed by atoms with Gasteiger partial charge in [0.25, 0.3) is 0 Å². The molecule has 0 aliphatic rings. The Labute approximate surface area is 116 Å². The van der Waals surface area contributed by atoms with Crippen LogP contribution in [0.2, 0.25) is 0 Å². The summed E-state index contributed by atoms with van der Waals surface area (Å²) in [5.74, 6) is 0.202. The van der Waals surface area contributed by atoms with Crippen LogP contribution in [0.3, 0.4) is 0 Å². The van der Waals surface area contributed by atoms with Crippen LogP contribution in [-0.4, -0.2) is 30.3 Å². The average Bonchev–Trinajstić information content (AvgIpc) is 2.48. The van der Waals surface area contributed by atoms with Gasteiger partial charge in [-0.15, -0.1) is 0 Å². The fourth-order valence-electron chi connectivity index (χ4n) is 1.95. The summed E-state index contributed by atoms with van der Waals surface area (Å²) in [5, 5.41) is 4.01. The van der Waals surface area contributed by atoms with Crippen molar-refractivity contribution < 1.29 is 4.74 Å². The fourth-order valence-corrected chi connectivity index (χ4v) is 1.95. The van der Waals surface area contributed by atoms with Crippen molar-refractivity contribution in [3.8, 4) is 16.9 Å². The number of aryl methyl sites for hydroxylation is 1. The average molecular weight is 270 g/mol. The lowest BCUT2D eigenvalue weighted by Crippen LogP contribution is -2.21. The van der Waals surface area contributed by atoms with Gasteiger partial charge < -0.3 is 4.74 Å². The smallest absolute Gasteiger partial charge is 0.309 e. The quantitative estimate of drug-likeness (QED) is 0.799. The molecule has 0 amide bonds. The molecule has 0 spiro atoms. The Bertz CT molecular complexity index is 734. The number of methoxy groups -OCH3 is 1. The molecule has 0 saturated carbocycles. The molecule has 0 radical (unpaired) electrons. The predicted octanol–water partition coefficient (Wildman–Crippen LogP) is 2.12. The van der Waals surface area contributed by atoms with Crippen molar-refractivity contribution in [1.82, 2.24) is 9.78 Å². The van der Waals surface area contributed by atoms with Gasteiger partial charge in [0.05, 0.1) is 30.2 Å². The summed E-state index contributed by atoms with van der Waals surface area (Å²) in [6.07, 6.45) is 1.55. The maximum absolute atomic E-state index is 12.0. The number of nitrogens with zero attached hydrogens (tertiary/aromatic N) is 4. The van der Waals surface area contributed by atoms with E-state index in [0.717, 1.165) is 0 Å². The molecule has 2 rings (SSSR count). The van der Waals surface area contributed by atoms with Crippen LogP contribution in [-0.2, 0) is 7.05 Å². The minimum atomic E-state index is -0.322. The molecule has 1 heterocycles. The molecule has 0 saturated heterocycles. The molecule has 20 heavy (non-hydrogen) atoms. The van der Waals surface area contributed by atoms with Gasteiger partial charge in [0.2, 0.25) is 0 Å². The Kier molecular flexibility index (Phi) is 3.74. The summed E-state index contributed by atoms with van der Waals surface area (Å²) < 4.78 is 6.41. The van der Waals surface area contributed by atoms with Crippen molar-refractivity contribution >= 4 is 24.8 Å². The summed E-state index contributed by atoms with van der Waals surface area (Å²) >= 11 is 0. The summed E-state index contributed by atoms with van der Waals surface area (Å²) in [6, 6.07) is 5.37. The third kappa shape index (κ3) is 2.11. The number of hydrogen-bond acceptors (Lipinski definition) is 5. The van der Waals surface area contributed by atoms with Gasteiger partial charge in [0, 0.05) is 12.6 Å². The van der Waals surface area contributed by atoms with Crippen LogP contribution in [0.5, 0.6) is 5.75 Å². The van der Waals surface area contributed by atoms with E-state index in [1.54, 1.807) is 31.4 Å². The van der Waals surface area contributed by atoms with E-state index in [4.69, 9.17) is 4.74 Å². The Morgan fingerprint density at radius 1 is 1.25 bits per heavy atom. The molecular weight excluding hydrogens is 256 g/mol. The molecule has 2 aromatic rings. The van der Waals surface area contributed by atoms with Gasteiger partial charge in [0.1, 0.15) is 0 Å². The van der Waals surface area contributed by atoms with E-state index in [1.165, 1.54) is 11.8 Å². The van der Waals surface area contributed by atoms with Gasteiger partial charge in [-0.2, -0.15) is 5.10 Å². The van der Waals surface area contributed by atoms with Gasteiger partial charge in [-0.1, -0.05) is 12.1 Å². The third-order valence-electron chi connectivity index (χ3n) is 2.93. The highest BCUT2D eigenvalue weighted by Gasteiger charge is 2.16. The Balaban J connectivity index is 2.82. The van der Waals surface area contributed by atoms with Gasteiger partial charge in [-0.25, -0.2) is 4.68 Å². The lowest BCUT2D eigenvalue weighted by Gasteiger charge is -2.11. The number of benzene rings is 1. The second-order valence-electron chi connectivity index (χ2n) is 4.01. The van der Waals surface area contributed by atoms with E-state index in [9.17, 15) is 4.79 Å². The van der Waals surface area contributed by atoms with Crippen LogP contribution < -0.4 is 10.3 Å². The Hall–Kier alpha value is -2.76. The highest BCUT2D eigenvalue weighted by atomic mass is 16.5. The van der Waals surface area contributed by atoms with E-state index < -0.39 is 0 Å². The summed E-state index contributed by atoms with van der Waals surface area (Å²) in [6.45, 7) is 7.04. The maximum Gasteiger partial charge on any atom is 0.309 e. The van der Waals surface area contributed by atoms with Gasteiger partial charge in [-0.3, -0.25) is 14.8 Å². The van der Waals surface area contributed by atoms with E-state index in [-0.39, 0.29) is 11.3 Å². The SMILES string of the molecule is C=Nc1cccc(-c2cnn(C)c(=O)c2OC)c1N=C. The molecule has 6 nitrogen and oxygen atoms in total. The van der Waals surface area contributed by atoms with Crippen molar-refractivity contribution in [2.24, 2.45) is 17.0 Å². The van der Waals surface area contributed by atoms with Gasteiger partial charge in [0.15, 0.2) is 5.75 Å². The minimum absolute atomic E-state index is 0.202. The second-order valence-corrected chi connectivity index (χ2v) is 4.01. The monoisotopic (exact) mass is 270 g/mol. The zero-order chi connectivity index (χ0) is 14.7. The Morgan fingerprint density at radius 2 is 2.00 bits per heavy atom. The van der Waals surface area contributed by atoms with E-state index in [0.29, 0.717) is 22.5 Å². The molecule has 0 aliphatic carbocycles. The number of hydrogen-bond donors (Lipinski definition) is 0. The van der Waals surface area contributed by atoms with Crippen molar-refractivity contribution in [3.63, 3.8) is 0 Å². The predicted molar refractivity (Wildman–Crippen MR) is 79.9 cm³/mol. The van der Waals surface area contributed by atoms with Crippen molar-refractivity contribution in [1.29, 1.82) is 0 Å². The topological polar surface area (TPSA) is 68.8 Å². The van der Waals surface area contributed by atoms with Crippen molar-refractivity contribution in [3.05, 3.63) is 34.7 Å². The molecule has 0 unspecified atom stereocenters. The molecule has 1 aromatic heterocycles. The zero-order valence-corrected chi connectivity index (χ0v) is 11.3. The molecule has 0 bridgehead atoms. The molecule has 0 N–H and O–H groups in total. The fraction of sp³-hybridized carbons (Fsp3) is 0.143. The Morgan fingerprint density at radius 3 is 2.60 bits per heavy atom. The van der Waals surface area contributed by atoms with E-state index in [1.807, 2.05) is 0 Å². The maximum atomic E-state index is 12.0. The summed E-state index contributed by atoms with van der Waals surface area (Å²) in [7, 11) is 3.00. The lowest BCUT2D eigenvalue weighted by atomic mass is 10.0. The van der Waals surface area contributed by atoms with Crippen LogP contribution in [0.1, 0.15) is 0 Å². The number of aromatic nitrogens is 2. The number of rotatable bonds is 4. The standard InChI is InChI=1S/C14H14N4O2/c1-15-11-7-5-6-9(12(11)16-2)10-8-17-18(3)14(19)13(10)20-4/h5-8H,1-2H2,3-4H3. The molecular formula is C14H14N4O2. The zero-order valence-electron chi connectivity index (χ0n) is 11.3. The highest BCUT2D eigenvalue weighted by Crippen LogP contribution is 2.39. The largest absolute Gasteiger partial charge is 0.491 e. The lowest BCUT2D eigenvalue weighted by molar-refractivity contribution is 0.402. The molecule has 0 fully saturated rings. The summed E-state index contributed by atoms with van der Waals surface area (Å²) in [5.41, 5.74) is 2.02. The first-order valence-electron chi connectivity index (χ1n) is 5.81. The number of para-hydroxylation sites is 1. The van der Waals surface area contributed by atoms with Crippen LogP contribution in [0.25, 0.3) is 11.1 Å². The minimum Gasteiger partial charge on any atom is -0.491 e. The van der Waals surface area contributed by atoms with Crippen LogP contribution in [0.15, 0.2) is 39.2 Å². The van der Waals surface area contributed by atoms with Crippen molar-refractivity contribution in [2.45, 2.75) is 0 Å². The van der Waals surface area contributed by atoms with Crippen LogP contribution in [0.4, 0.5) is 11.4 Å². The number of aliphatic imine (C=N–C) groups is 2. The van der Waals surface area contributed by atoms with Crippen LogP contribution >= 0.6 is 0 Å². The summed E-state index contributed by atoms with van der Waals surface area (Å²) in [4.78, 5) is 19.9. The molecule has 1 aromatic carbocycles. The molecule has 0 atom stereocenters. The second kappa shape index (κ2) is 5.48. The molecule has 102 valence electrons. The van der Waals surface area contributed by atoms with Crippen molar-refractivity contribution in [2.75, 3.05) is 7.11 Å². The first kappa shape index (κ1) is 13.7. The molecule has 6 heteroatoms.